The number of anilines is 3. The molecule has 1 aliphatic heterocycles. The van der Waals surface area contributed by atoms with Crippen molar-refractivity contribution in [1.82, 2.24) is 0 Å². The fraction of sp³-hybridized carbons (Fsp3) is 0.375. The third-order valence-electron chi connectivity index (χ3n) is 15.0. The average Bonchev–Trinajstić information content (AvgIpc) is 3.66. The lowest BCUT2D eigenvalue weighted by Crippen LogP contribution is -2.74. The van der Waals surface area contributed by atoms with Gasteiger partial charge in [0.15, 0.2) is 0 Å². The molecule has 0 saturated heterocycles. The van der Waals surface area contributed by atoms with E-state index in [0.717, 1.165) is 35.2 Å². The Hall–Kier alpha value is -4.30. The second-order valence-electron chi connectivity index (χ2n) is 18.1. The molecule has 5 aliphatic carbocycles. The summed E-state index contributed by atoms with van der Waals surface area (Å²) in [5, 5.41) is 0. The van der Waals surface area contributed by atoms with E-state index in [1.807, 2.05) is 0 Å². The summed E-state index contributed by atoms with van der Waals surface area (Å²) in [6, 6.07) is 43.5. The molecule has 0 N–H and O–H groups in total. The van der Waals surface area contributed by atoms with Gasteiger partial charge in [0.25, 0.3) is 0 Å². The van der Waals surface area contributed by atoms with Crippen LogP contribution in [0, 0.1) is 29.1 Å². The van der Waals surface area contributed by atoms with E-state index < -0.39 is 0 Å². The standard InChI is InChI=1S/C48H47NO/c1-45(2)23-24-46(3,4)39-28-35(21-22-37(39)45)49(33-11-6-5-7-12-33)34-19-17-31(18-20-34)36-13-10-16-41-44(36)48(38-14-8-9-15-40(38)50-41)42-26-30-25-32-27-43(48)47(32,42)29-30/h5-22,28,30,32,42-43H,23-27,29H2,1-4H3. The first-order chi connectivity index (χ1) is 24.2. The number of para-hydroxylation sites is 2. The minimum Gasteiger partial charge on any atom is -0.457 e. The molecule has 6 unspecified atom stereocenters. The van der Waals surface area contributed by atoms with Crippen LogP contribution in [0.2, 0.25) is 0 Å². The molecule has 6 aliphatic rings. The fourth-order valence-corrected chi connectivity index (χ4v) is 12.9. The Morgan fingerprint density at radius 3 is 2.06 bits per heavy atom. The largest absolute Gasteiger partial charge is 0.457 e. The van der Waals surface area contributed by atoms with Crippen LogP contribution in [0.1, 0.15) is 88.5 Å². The van der Waals surface area contributed by atoms with Gasteiger partial charge in [-0.05, 0) is 149 Å². The van der Waals surface area contributed by atoms with Crippen LogP contribution in [0.4, 0.5) is 17.1 Å². The quantitative estimate of drug-likeness (QED) is 0.191. The van der Waals surface area contributed by atoms with E-state index in [4.69, 9.17) is 4.74 Å². The Morgan fingerprint density at radius 1 is 0.580 bits per heavy atom. The molecule has 0 radical (unpaired) electrons. The lowest BCUT2D eigenvalue weighted by molar-refractivity contribution is -0.234. The van der Waals surface area contributed by atoms with Crippen LogP contribution in [0.3, 0.4) is 0 Å². The van der Waals surface area contributed by atoms with Gasteiger partial charge in [0.2, 0.25) is 0 Å². The van der Waals surface area contributed by atoms with Crippen molar-refractivity contribution < 1.29 is 4.74 Å². The molecule has 2 nitrogen and oxygen atoms in total. The third-order valence-corrected chi connectivity index (χ3v) is 15.0. The Morgan fingerprint density at radius 2 is 1.26 bits per heavy atom. The molecule has 11 rings (SSSR count). The Labute approximate surface area is 297 Å². The molecule has 2 heteroatoms. The SMILES string of the molecule is CC1(C)CCC(C)(C)c2cc(N(c3ccccc3)c3ccc(-c4cccc5c4C4(c6ccccc6O5)C5CC6CC7CC4C75C6)cc3)ccc21. The van der Waals surface area contributed by atoms with Gasteiger partial charge < -0.3 is 9.64 Å². The molecule has 0 aromatic heterocycles. The van der Waals surface area contributed by atoms with E-state index in [1.54, 1.807) is 0 Å². The number of hydrogen-bond donors (Lipinski definition) is 0. The summed E-state index contributed by atoms with van der Waals surface area (Å²) in [7, 11) is 0. The molecule has 5 aromatic rings. The molecule has 1 heterocycles. The summed E-state index contributed by atoms with van der Waals surface area (Å²) in [5.41, 5.74) is 13.1. The summed E-state index contributed by atoms with van der Waals surface area (Å²) in [6.07, 6.45) is 8.15. The minimum atomic E-state index is 0.0604. The topological polar surface area (TPSA) is 12.5 Å². The molecule has 4 fully saturated rings. The van der Waals surface area contributed by atoms with Crippen molar-refractivity contribution in [3.8, 4) is 22.6 Å². The Balaban J connectivity index is 1.04. The van der Waals surface area contributed by atoms with Gasteiger partial charge in [0, 0.05) is 33.6 Å². The average molecular weight is 654 g/mol. The first-order valence-electron chi connectivity index (χ1n) is 19.2. The lowest BCUT2D eigenvalue weighted by Gasteiger charge is -2.77. The van der Waals surface area contributed by atoms with Crippen LogP contribution in [0.5, 0.6) is 11.5 Å². The van der Waals surface area contributed by atoms with Gasteiger partial charge in [-0.2, -0.15) is 0 Å². The molecular weight excluding hydrogens is 607 g/mol. The minimum absolute atomic E-state index is 0.0604. The highest BCUT2D eigenvalue weighted by Crippen LogP contribution is 2.89. The predicted molar refractivity (Wildman–Crippen MR) is 204 cm³/mol. The van der Waals surface area contributed by atoms with Crippen molar-refractivity contribution >= 4 is 17.1 Å². The molecule has 6 atom stereocenters. The van der Waals surface area contributed by atoms with Crippen LogP contribution >= 0.6 is 0 Å². The van der Waals surface area contributed by atoms with Gasteiger partial charge >= 0.3 is 0 Å². The van der Waals surface area contributed by atoms with Crippen LogP contribution < -0.4 is 9.64 Å². The number of rotatable bonds is 4. The van der Waals surface area contributed by atoms with E-state index in [9.17, 15) is 0 Å². The highest BCUT2D eigenvalue weighted by atomic mass is 16.5. The van der Waals surface area contributed by atoms with Gasteiger partial charge in [-0.1, -0.05) is 94.4 Å². The Bertz CT molecular complexity index is 2200. The van der Waals surface area contributed by atoms with E-state index in [2.05, 4.69) is 148 Å². The summed E-state index contributed by atoms with van der Waals surface area (Å²) in [6.45, 7) is 9.67. The predicted octanol–water partition coefficient (Wildman–Crippen LogP) is 12.6. The second kappa shape index (κ2) is 9.72. The molecule has 2 spiro atoms. The third kappa shape index (κ3) is 3.56. The first-order valence-corrected chi connectivity index (χ1v) is 19.2. The van der Waals surface area contributed by atoms with Gasteiger partial charge in [-0.3, -0.25) is 0 Å². The molecular formula is C48H47NO. The molecule has 0 amide bonds. The van der Waals surface area contributed by atoms with Crippen molar-refractivity contribution in [3.63, 3.8) is 0 Å². The normalized spacial score (nSPS) is 31.0. The maximum absolute atomic E-state index is 6.81. The van der Waals surface area contributed by atoms with Gasteiger partial charge in [-0.15, -0.1) is 0 Å². The van der Waals surface area contributed by atoms with Crippen LogP contribution in [-0.4, -0.2) is 0 Å². The summed E-state index contributed by atoms with van der Waals surface area (Å²) < 4.78 is 6.81. The maximum Gasteiger partial charge on any atom is 0.132 e. The van der Waals surface area contributed by atoms with Gasteiger partial charge in [0.05, 0.1) is 0 Å². The van der Waals surface area contributed by atoms with E-state index in [1.165, 1.54) is 89.0 Å². The highest BCUT2D eigenvalue weighted by Gasteiger charge is 2.84. The molecule has 5 aromatic carbocycles. The number of fused-ring (bicyclic) bond motifs is 8. The highest BCUT2D eigenvalue weighted by molar-refractivity contribution is 5.82. The van der Waals surface area contributed by atoms with Gasteiger partial charge in [0.1, 0.15) is 11.5 Å². The fourth-order valence-electron chi connectivity index (χ4n) is 12.9. The first kappa shape index (κ1) is 29.4. The molecule has 4 saturated carbocycles. The van der Waals surface area contributed by atoms with E-state index >= 15 is 0 Å². The molecule has 50 heavy (non-hydrogen) atoms. The zero-order chi connectivity index (χ0) is 33.6. The van der Waals surface area contributed by atoms with E-state index in [0.29, 0.717) is 5.41 Å². The van der Waals surface area contributed by atoms with Crippen molar-refractivity contribution in [2.45, 2.75) is 82.5 Å². The summed E-state index contributed by atoms with van der Waals surface area (Å²) in [5.74, 6) is 5.50. The van der Waals surface area contributed by atoms with Crippen LogP contribution in [-0.2, 0) is 16.2 Å². The van der Waals surface area contributed by atoms with Crippen molar-refractivity contribution in [2.24, 2.45) is 29.1 Å². The molecule has 2 bridgehead atoms. The zero-order valence-corrected chi connectivity index (χ0v) is 29.9. The van der Waals surface area contributed by atoms with Crippen LogP contribution in [0.15, 0.2) is 115 Å². The van der Waals surface area contributed by atoms with E-state index in [-0.39, 0.29) is 16.2 Å². The number of benzene rings is 5. The molecule has 250 valence electrons. The Kier molecular flexibility index (Phi) is 5.72. The number of hydrogen-bond acceptors (Lipinski definition) is 2. The summed E-state index contributed by atoms with van der Waals surface area (Å²) >= 11 is 0. The maximum atomic E-state index is 6.81. The van der Waals surface area contributed by atoms with Crippen molar-refractivity contribution in [3.05, 3.63) is 138 Å². The lowest BCUT2D eigenvalue weighted by atomic mass is 9.26. The number of ether oxygens (including phenoxy) is 1. The summed E-state index contributed by atoms with van der Waals surface area (Å²) in [4.78, 5) is 2.45. The van der Waals surface area contributed by atoms with Crippen molar-refractivity contribution in [1.29, 1.82) is 0 Å². The monoisotopic (exact) mass is 653 g/mol. The van der Waals surface area contributed by atoms with Crippen LogP contribution in [0.25, 0.3) is 11.1 Å². The number of nitrogens with zero attached hydrogens (tertiary/aromatic N) is 1. The smallest absolute Gasteiger partial charge is 0.132 e. The second-order valence-corrected chi connectivity index (χ2v) is 18.1. The van der Waals surface area contributed by atoms with Gasteiger partial charge in [-0.25, -0.2) is 0 Å². The zero-order valence-electron chi connectivity index (χ0n) is 29.9. The van der Waals surface area contributed by atoms with Crippen molar-refractivity contribution in [2.75, 3.05) is 4.90 Å².